The average molecular weight is 252 g/mol. The quantitative estimate of drug-likeness (QED) is 0.776. The molecule has 1 unspecified atom stereocenters. The summed E-state index contributed by atoms with van der Waals surface area (Å²) in [6.07, 6.45) is 1.81. The van der Waals surface area contributed by atoms with Crippen LogP contribution in [0.3, 0.4) is 0 Å². The van der Waals surface area contributed by atoms with Crippen molar-refractivity contribution in [1.29, 1.82) is 0 Å². The number of pyridine rings is 1. The number of aryl methyl sites for hydroxylation is 1. The number of fused-ring (bicyclic) bond motifs is 1. The number of nitrogens with zero attached hydrogens (tertiary/aromatic N) is 1. The topological polar surface area (TPSA) is 38.1 Å². The van der Waals surface area contributed by atoms with Gasteiger partial charge in [-0.15, -0.1) is 0 Å². The second kappa shape index (κ2) is 4.86. The predicted molar refractivity (Wildman–Crippen MR) is 76.1 cm³/mol. The molecule has 96 valence electrons. The maximum Gasteiger partial charge on any atom is 0.134 e. The lowest BCUT2D eigenvalue weighted by atomic mass is 10.0. The third-order valence-corrected chi connectivity index (χ3v) is 3.38. The van der Waals surface area contributed by atoms with Crippen LogP contribution in [0.1, 0.15) is 23.1 Å². The Bertz CT molecular complexity index is 670. The minimum Gasteiger partial charge on any atom is -0.459 e. The number of furan rings is 1. The fourth-order valence-electron chi connectivity index (χ4n) is 2.40. The fourth-order valence-corrected chi connectivity index (χ4v) is 2.40. The van der Waals surface area contributed by atoms with E-state index in [4.69, 9.17) is 4.42 Å². The van der Waals surface area contributed by atoms with E-state index in [1.54, 1.807) is 0 Å². The van der Waals surface area contributed by atoms with Crippen LogP contribution in [0.25, 0.3) is 11.0 Å². The molecule has 0 aliphatic heterocycles. The average Bonchev–Trinajstić information content (AvgIpc) is 2.85. The highest BCUT2D eigenvalue weighted by molar-refractivity contribution is 5.78. The zero-order valence-corrected chi connectivity index (χ0v) is 11.1. The lowest BCUT2D eigenvalue weighted by Crippen LogP contribution is -2.18. The summed E-state index contributed by atoms with van der Waals surface area (Å²) in [5.41, 5.74) is 3.07. The summed E-state index contributed by atoms with van der Waals surface area (Å²) in [5, 5.41) is 4.43. The molecule has 0 fully saturated rings. The van der Waals surface area contributed by atoms with Crippen molar-refractivity contribution in [3.05, 3.63) is 65.7 Å². The molecule has 3 nitrogen and oxygen atoms in total. The Morgan fingerprint density at radius 2 is 2.00 bits per heavy atom. The SMILES string of the molecule is CNC(c1cc2ccccc2o1)c1cccnc1C. The van der Waals surface area contributed by atoms with Crippen LogP contribution in [-0.4, -0.2) is 12.0 Å². The van der Waals surface area contributed by atoms with Gasteiger partial charge >= 0.3 is 0 Å². The molecule has 1 N–H and O–H groups in total. The lowest BCUT2D eigenvalue weighted by Gasteiger charge is -2.15. The molecule has 3 aromatic rings. The summed E-state index contributed by atoms with van der Waals surface area (Å²) in [7, 11) is 1.93. The van der Waals surface area contributed by atoms with Crippen LogP contribution in [0, 0.1) is 6.92 Å². The zero-order chi connectivity index (χ0) is 13.2. The molecule has 2 heterocycles. The first-order valence-electron chi connectivity index (χ1n) is 6.37. The van der Waals surface area contributed by atoms with Gasteiger partial charge in [0, 0.05) is 17.3 Å². The second-order valence-electron chi connectivity index (χ2n) is 4.59. The maximum absolute atomic E-state index is 5.94. The summed E-state index contributed by atoms with van der Waals surface area (Å²) >= 11 is 0. The van der Waals surface area contributed by atoms with E-state index in [0.29, 0.717) is 0 Å². The van der Waals surface area contributed by atoms with Gasteiger partial charge in [0.1, 0.15) is 11.3 Å². The zero-order valence-electron chi connectivity index (χ0n) is 11.1. The predicted octanol–water partition coefficient (Wildman–Crippen LogP) is 3.45. The molecule has 2 aromatic heterocycles. The summed E-state index contributed by atoms with van der Waals surface area (Å²) in [4.78, 5) is 4.35. The number of benzene rings is 1. The van der Waals surface area contributed by atoms with Gasteiger partial charge in [-0.1, -0.05) is 24.3 Å². The number of hydrogen-bond acceptors (Lipinski definition) is 3. The highest BCUT2D eigenvalue weighted by Crippen LogP contribution is 2.28. The van der Waals surface area contributed by atoms with Crippen molar-refractivity contribution in [2.75, 3.05) is 7.05 Å². The fraction of sp³-hybridized carbons (Fsp3) is 0.188. The molecule has 0 spiro atoms. The Morgan fingerprint density at radius 1 is 1.16 bits per heavy atom. The number of hydrogen-bond donors (Lipinski definition) is 1. The van der Waals surface area contributed by atoms with Crippen molar-refractivity contribution in [2.24, 2.45) is 0 Å². The van der Waals surface area contributed by atoms with Gasteiger partial charge in [-0.2, -0.15) is 0 Å². The highest BCUT2D eigenvalue weighted by atomic mass is 16.3. The van der Waals surface area contributed by atoms with Gasteiger partial charge in [0.25, 0.3) is 0 Å². The van der Waals surface area contributed by atoms with E-state index in [-0.39, 0.29) is 6.04 Å². The van der Waals surface area contributed by atoms with Crippen LogP contribution in [0.15, 0.2) is 53.1 Å². The van der Waals surface area contributed by atoms with Gasteiger partial charge in [-0.25, -0.2) is 0 Å². The van der Waals surface area contributed by atoms with E-state index in [2.05, 4.69) is 28.5 Å². The number of aromatic nitrogens is 1. The van der Waals surface area contributed by atoms with Crippen molar-refractivity contribution in [1.82, 2.24) is 10.3 Å². The largest absolute Gasteiger partial charge is 0.459 e. The number of para-hydroxylation sites is 1. The normalized spacial score (nSPS) is 12.7. The third kappa shape index (κ3) is 2.13. The van der Waals surface area contributed by atoms with E-state index < -0.39 is 0 Å². The molecular formula is C16H16N2O. The molecule has 0 aliphatic rings. The first-order chi connectivity index (χ1) is 9.29. The number of rotatable bonds is 3. The monoisotopic (exact) mass is 252 g/mol. The summed E-state index contributed by atoms with van der Waals surface area (Å²) < 4.78 is 5.94. The molecule has 0 radical (unpaired) electrons. The highest BCUT2D eigenvalue weighted by Gasteiger charge is 2.18. The molecule has 3 rings (SSSR count). The second-order valence-corrected chi connectivity index (χ2v) is 4.59. The minimum absolute atomic E-state index is 0.0288. The van der Waals surface area contributed by atoms with Gasteiger partial charge in [0.15, 0.2) is 0 Å². The van der Waals surface area contributed by atoms with Crippen molar-refractivity contribution >= 4 is 11.0 Å². The van der Waals surface area contributed by atoms with Gasteiger partial charge in [-0.05, 0) is 37.7 Å². The van der Waals surface area contributed by atoms with Crippen LogP contribution < -0.4 is 5.32 Å². The molecule has 0 aliphatic carbocycles. The Morgan fingerprint density at radius 3 is 2.74 bits per heavy atom. The Labute approximate surface area is 112 Å². The van der Waals surface area contributed by atoms with E-state index in [1.807, 2.05) is 44.4 Å². The molecule has 0 amide bonds. The van der Waals surface area contributed by atoms with E-state index >= 15 is 0 Å². The lowest BCUT2D eigenvalue weighted by molar-refractivity contribution is 0.489. The summed E-state index contributed by atoms with van der Waals surface area (Å²) in [6.45, 7) is 2.02. The van der Waals surface area contributed by atoms with Crippen molar-refractivity contribution in [2.45, 2.75) is 13.0 Å². The minimum atomic E-state index is 0.0288. The number of nitrogens with one attached hydrogen (secondary N) is 1. The summed E-state index contributed by atoms with van der Waals surface area (Å²) in [6, 6.07) is 14.2. The molecule has 0 saturated heterocycles. The third-order valence-electron chi connectivity index (χ3n) is 3.38. The Hall–Kier alpha value is -2.13. The molecular weight excluding hydrogens is 236 g/mol. The molecule has 1 aromatic carbocycles. The van der Waals surface area contributed by atoms with E-state index in [1.165, 1.54) is 0 Å². The standard InChI is InChI=1S/C16H16N2O/c1-11-13(7-5-9-18-11)16(17-2)15-10-12-6-3-4-8-14(12)19-15/h3-10,16-17H,1-2H3. The molecule has 0 saturated carbocycles. The van der Waals surface area contributed by atoms with Gasteiger partial charge in [-0.3, -0.25) is 4.98 Å². The van der Waals surface area contributed by atoms with Crippen LogP contribution in [0.5, 0.6) is 0 Å². The van der Waals surface area contributed by atoms with Crippen LogP contribution in [0.4, 0.5) is 0 Å². The summed E-state index contributed by atoms with van der Waals surface area (Å²) in [5.74, 6) is 0.916. The molecule has 3 heteroatoms. The molecule has 0 bridgehead atoms. The van der Waals surface area contributed by atoms with Crippen molar-refractivity contribution in [3.8, 4) is 0 Å². The van der Waals surface area contributed by atoms with Crippen molar-refractivity contribution in [3.63, 3.8) is 0 Å². The molecule has 19 heavy (non-hydrogen) atoms. The first-order valence-corrected chi connectivity index (χ1v) is 6.37. The van der Waals surface area contributed by atoms with Crippen LogP contribution in [0.2, 0.25) is 0 Å². The van der Waals surface area contributed by atoms with E-state index in [0.717, 1.165) is 28.0 Å². The van der Waals surface area contributed by atoms with Crippen molar-refractivity contribution < 1.29 is 4.42 Å². The maximum atomic E-state index is 5.94. The Kier molecular flexibility index (Phi) is 3.05. The van der Waals surface area contributed by atoms with Crippen LogP contribution in [-0.2, 0) is 0 Å². The first kappa shape index (κ1) is 11.9. The Balaban J connectivity index is 2.09. The van der Waals surface area contributed by atoms with E-state index in [9.17, 15) is 0 Å². The van der Waals surface area contributed by atoms with Gasteiger partial charge in [0.05, 0.1) is 6.04 Å². The van der Waals surface area contributed by atoms with Gasteiger partial charge in [0.2, 0.25) is 0 Å². The smallest absolute Gasteiger partial charge is 0.134 e. The molecule has 1 atom stereocenters. The van der Waals surface area contributed by atoms with Crippen LogP contribution >= 0.6 is 0 Å². The van der Waals surface area contributed by atoms with Gasteiger partial charge < -0.3 is 9.73 Å².